The van der Waals surface area contributed by atoms with Crippen LogP contribution in [0.15, 0.2) is 69.9 Å². The van der Waals surface area contributed by atoms with E-state index in [4.69, 9.17) is 4.42 Å². The van der Waals surface area contributed by atoms with E-state index in [9.17, 15) is 13.7 Å². The molecule has 0 saturated carbocycles. The number of hydrogen-bond donors (Lipinski definition) is 2. The lowest BCUT2D eigenvalue weighted by Crippen LogP contribution is -2.13. The Morgan fingerprint density at radius 2 is 2.00 bits per heavy atom. The minimum Gasteiger partial charge on any atom is -0.472 e. The number of pyridine rings is 1. The summed E-state index contributed by atoms with van der Waals surface area (Å²) in [6, 6.07) is 10.2. The Kier molecular flexibility index (Phi) is 5.94. The van der Waals surface area contributed by atoms with Crippen LogP contribution in [-0.2, 0) is 10.0 Å². The van der Waals surface area contributed by atoms with Gasteiger partial charge in [-0.25, -0.2) is 13.4 Å². The van der Waals surface area contributed by atoms with Crippen molar-refractivity contribution < 1.29 is 12.8 Å². The number of furan rings is 1. The highest BCUT2D eigenvalue weighted by atomic mass is 32.2. The third kappa shape index (κ3) is 4.49. The third-order valence-electron chi connectivity index (χ3n) is 4.69. The monoisotopic (exact) mass is 465 g/mol. The minimum atomic E-state index is -3.87. The SMILES string of the molecule is CC(C)c1cc(-c2ccoc2)c(Nc2ccc(S(=O)(=O)Nc3nccs3)cc2C#N)cn1. The molecule has 0 aliphatic rings. The van der Waals surface area contributed by atoms with Gasteiger partial charge in [-0.05, 0) is 36.2 Å². The molecule has 4 rings (SSSR count). The van der Waals surface area contributed by atoms with Crippen molar-refractivity contribution in [3.8, 4) is 17.2 Å². The van der Waals surface area contributed by atoms with Crippen LogP contribution in [0.5, 0.6) is 0 Å². The summed E-state index contributed by atoms with van der Waals surface area (Å²) in [4.78, 5) is 8.41. The van der Waals surface area contributed by atoms with Crippen LogP contribution >= 0.6 is 11.3 Å². The minimum absolute atomic E-state index is 0.0295. The lowest BCUT2D eigenvalue weighted by atomic mass is 10.0. The van der Waals surface area contributed by atoms with Crippen LogP contribution in [-0.4, -0.2) is 18.4 Å². The summed E-state index contributed by atoms with van der Waals surface area (Å²) in [6.45, 7) is 4.11. The Bertz CT molecular complexity index is 1370. The van der Waals surface area contributed by atoms with E-state index in [1.165, 1.54) is 29.7 Å². The fourth-order valence-corrected chi connectivity index (χ4v) is 4.84. The topological polar surface area (TPSA) is 121 Å². The molecule has 32 heavy (non-hydrogen) atoms. The van der Waals surface area contributed by atoms with Gasteiger partial charge in [0.15, 0.2) is 5.13 Å². The van der Waals surface area contributed by atoms with Crippen molar-refractivity contribution in [3.63, 3.8) is 0 Å². The standard InChI is InChI=1S/C22H19N5O3S2/c1-14(2)20-10-18(15-5-7-30-13-15)21(12-25-20)26-19-4-3-17(9-16(19)11-23)32(28,29)27-22-24-6-8-31-22/h3-10,12-14,26H,1-2H3,(H,24,27). The molecular weight excluding hydrogens is 446 g/mol. The molecule has 0 unspecified atom stereocenters. The smallest absolute Gasteiger partial charge is 0.263 e. The molecule has 0 saturated heterocycles. The lowest BCUT2D eigenvalue weighted by Gasteiger charge is -2.15. The molecule has 0 radical (unpaired) electrons. The van der Waals surface area contributed by atoms with Gasteiger partial charge in [0.05, 0.1) is 40.6 Å². The summed E-state index contributed by atoms with van der Waals surface area (Å²) in [5, 5.41) is 14.8. The van der Waals surface area contributed by atoms with Gasteiger partial charge in [0.25, 0.3) is 10.0 Å². The largest absolute Gasteiger partial charge is 0.472 e. The number of nitriles is 1. The highest BCUT2D eigenvalue weighted by Gasteiger charge is 2.19. The van der Waals surface area contributed by atoms with E-state index in [1.54, 1.807) is 30.2 Å². The van der Waals surface area contributed by atoms with E-state index in [0.717, 1.165) is 16.8 Å². The Balaban J connectivity index is 1.69. The number of anilines is 3. The zero-order valence-corrected chi connectivity index (χ0v) is 18.9. The second-order valence-electron chi connectivity index (χ2n) is 7.21. The van der Waals surface area contributed by atoms with Gasteiger partial charge >= 0.3 is 0 Å². The Labute approximate surface area is 189 Å². The second-order valence-corrected chi connectivity index (χ2v) is 9.79. The fourth-order valence-electron chi connectivity index (χ4n) is 3.03. The van der Waals surface area contributed by atoms with E-state index >= 15 is 0 Å². The average molecular weight is 466 g/mol. The van der Waals surface area contributed by atoms with Gasteiger partial charge in [0.2, 0.25) is 0 Å². The van der Waals surface area contributed by atoms with Gasteiger partial charge in [-0.3, -0.25) is 9.71 Å². The Morgan fingerprint density at radius 3 is 2.66 bits per heavy atom. The molecule has 0 atom stereocenters. The number of benzene rings is 1. The summed E-state index contributed by atoms with van der Waals surface area (Å²) in [5.74, 6) is 0.235. The first-order valence-electron chi connectivity index (χ1n) is 9.63. The molecule has 10 heteroatoms. The van der Waals surface area contributed by atoms with Gasteiger partial charge in [-0.2, -0.15) is 5.26 Å². The van der Waals surface area contributed by atoms with Crippen molar-refractivity contribution in [2.24, 2.45) is 0 Å². The van der Waals surface area contributed by atoms with Gasteiger partial charge in [-0.1, -0.05) is 13.8 Å². The number of thiazole rings is 1. The molecular formula is C22H19N5O3S2. The van der Waals surface area contributed by atoms with Crippen LogP contribution in [0.1, 0.15) is 31.0 Å². The summed E-state index contributed by atoms with van der Waals surface area (Å²) in [6.07, 6.45) is 6.43. The van der Waals surface area contributed by atoms with Crippen molar-refractivity contribution in [2.75, 3.05) is 10.0 Å². The quantitative estimate of drug-likeness (QED) is 0.378. The molecule has 0 amide bonds. The lowest BCUT2D eigenvalue weighted by molar-refractivity contribution is 0.568. The summed E-state index contributed by atoms with van der Waals surface area (Å²) < 4.78 is 33.0. The first kappa shape index (κ1) is 21.5. The number of aromatic nitrogens is 2. The molecule has 0 aliphatic heterocycles. The molecule has 162 valence electrons. The average Bonchev–Trinajstić information content (AvgIpc) is 3.48. The van der Waals surface area contributed by atoms with Crippen molar-refractivity contribution >= 4 is 37.9 Å². The van der Waals surface area contributed by atoms with Crippen molar-refractivity contribution in [2.45, 2.75) is 24.7 Å². The van der Waals surface area contributed by atoms with Crippen LogP contribution in [0, 0.1) is 11.3 Å². The highest BCUT2D eigenvalue weighted by molar-refractivity contribution is 7.93. The first-order valence-corrected chi connectivity index (χ1v) is 12.0. The normalized spacial score (nSPS) is 11.3. The molecule has 0 aliphatic carbocycles. The van der Waals surface area contributed by atoms with E-state index in [-0.39, 0.29) is 21.5 Å². The van der Waals surface area contributed by atoms with Gasteiger partial charge in [0, 0.05) is 28.4 Å². The molecule has 3 heterocycles. The highest BCUT2D eigenvalue weighted by Crippen LogP contribution is 2.33. The van der Waals surface area contributed by atoms with E-state index in [1.807, 2.05) is 12.1 Å². The van der Waals surface area contributed by atoms with Crippen LogP contribution in [0.2, 0.25) is 0 Å². The number of nitrogens with zero attached hydrogens (tertiary/aromatic N) is 3. The molecule has 3 aromatic heterocycles. The zero-order valence-electron chi connectivity index (χ0n) is 17.2. The maximum Gasteiger partial charge on any atom is 0.263 e. The number of rotatable bonds is 7. The van der Waals surface area contributed by atoms with Crippen LogP contribution in [0.3, 0.4) is 0 Å². The van der Waals surface area contributed by atoms with E-state index in [0.29, 0.717) is 11.4 Å². The van der Waals surface area contributed by atoms with E-state index < -0.39 is 10.0 Å². The van der Waals surface area contributed by atoms with Gasteiger partial charge in [0.1, 0.15) is 6.07 Å². The summed E-state index contributed by atoms with van der Waals surface area (Å²) in [5.41, 5.74) is 3.96. The molecule has 0 fully saturated rings. The summed E-state index contributed by atoms with van der Waals surface area (Å²) >= 11 is 1.17. The molecule has 8 nitrogen and oxygen atoms in total. The van der Waals surface area contributed by atoms with Crippen molar-refractivity contribution in [3.05, 3.63) is 71.9 Å². The maximum absolute atomic E-state index is 12.7. The van der Waals surface area contributed by atoms with Gasteiger partial charge in [-0.15, -0.1) is 11.3 Å². The molecule has 0 bridgehead atoms. The van der Waals surface area contributed by atoms with Crippen molar-refractivity contribution in [1.82, 2.24) is 9.97 Å². The summed E-state index contributed by atoms with van der Waals surface area (Å²) in [7, 11) is -3.87. The van der Waals surface area contributed by atoms with Crippen LogP contribution < -0.4 is 10.0 Å². The molecule has 2 N–H and O–H groups in total. The fraction of sp³-hybridized carbons (Fsp3) is 0.136. The Hall–Kier alpha value is -3.68. The van der Waals surface area contributed by atoms with E-state index in [2.05, 4.69) is 39.9 Å². The predicted molar refractivity (Wildman–Crippen MR) is 123 cm³/mol. The molecule has 4 aromatic rings. The van der Waals surface area contributed by atoms with Crippen LogP contribution in [0.25, 0.3) is 11.1 Å². The maximum atomic E-state index is 12.7. The number of nitrogens with one attached hydrogen (secondary N) is 2. The third-order valence-corrected chi connectivity index (χ3v) is 6.85. The molecule has 1 aromatic carbocycles. The van der Waals surface area contributed by atoms with Crippen molar-refractivity contribution in [1.29, 1.82) is 5.26 Å². The van der Waals surface area contributed by atoms with Crippen LogP contribution in [0.4, 0.5) is 16.5 Å². The predicted octanol–water partition coefficient (Wildman–Crippen LogP) is 5.34. The number of hydrogen-bond acceptors (Lipinski definition) is 8. The number of sulfonamides is 1. The van der Waals surface area contributed by atoms with Gasteiger partial charge < -0.3 is 9.73 Å². The second kappa shape index (κ2) is 8.82. The Morgan fingerprint density at radius 1 is 1.16 bits per heavy atom. The first-order chi connectivity index (χ1) is 15.4. The zero-order chi connectivity index (χ0) is 22.7. The molecule has 0 spiro atoms.